The summed E-state index contributed by atoms with van der Waals surface area (Å²) in [6.07, 6.45) is 2.85. The van der Waals surface area contributed by atoms with E-state index in [2.05, 4.69) is 22.5 Å². The summed E-state index contributed by atoms with van der Waals surface area (Å²) in [5.41, 5.74) is 0. The molecular formula is C13H25N3O. The lowest BCUT2D eigenvalue weighted by Gasteiger charge is -2.41. The average Bonchev–Trinajstić information content (AvgIpc) is 2.40. The first-order valence-electron chi connectivity index (χ1n) is 7.01. The first-order valence-corrected chi connectivity index (χ1v) is 7.01. The molecule has 98 valence electrons. The van der Waals surface area contributed by atoms with Crippen molar-refractivity contribution in [3.8, 4) is 0 Å². The van der Waals surface area contributed by atoms with Crippen LogP contribution in [0.1, 0.15) is 26.2 Å². The second-order valence-corrected chi connectivity index (χ2v) is 5.17. The minimum absolute atomic E-state index is 0.224. The molecule has 0 aliphatic carbocycles. The van der Waals surface area contributed by atoms with E-state index >= 15 is 0 Å². The fourth-order valence-electron chi connectivity index (χ4n) is 3.06. The maximum atomic E-state index is 12.2. The van der Waals surface area contributed by atoms with E-state index in [1.807, 2.05) is 0 Å². The van der Waals surface area contributed by atoms with E-state index in [9.17, 15) is 4.79 Å². The van der Waals surface area contributed by atoms with E-state index in [4.69, 9.17) is 0 Å². The quantitative estimate of drug-likeness (QED) is 0.737. The van der Waals surface area contributed by atoms with Gasteiger partial charge in [0.05, 0.1) is 0 Å². The largest absolute Gasteiger partial charge is 0.316 e. The Kier molecular flexibility index (Phi) is 4.95. The van der Waals surface area contributed by atoms with Gasteiger partial charge in [-0.25, -0.2) is 0 Å². The van der Waals surface area contributed by atoms with Crippen molar-refractivity contribution in [1.82, 2.24) is 15.5 Å². The number of carbonyl (C=O) groups excluding carboxylic acids is 1. The Morgan fingerprint density at radius 2 is 2.00 bits per heavy atom. The third kappa shape index (κ3) is 3.27. The van der Waals surface area contributed by atoms with Crippen molar-refractivity contribution in [2.45, 2.75) is 32.2 Å². The molecule has 2 heterocycles. The molecule has 2 aliphatic rings. The van der Waals surface area contributed by atoms with Gasteiger partial charge < -0.3 is 10.6 Å². The van der Waals surface area contributed by atoms with Crippen LogP contribution in [-0.4, -0.2) is 56.0 Å². The fraction of sp³-hybridized carbons (Fsp3) is 0.923. The third-order valence-electron chi connectivity index (χ3n) is 3.98. The molecule has 2 fully saturated rings. The highest BCUT2D eigenvalue weighted by Gasteiger charge is 2.34. The van der Waals surface area contributed by atoms with Gasteiger partial charge in [0.2, 0.25) is 0 Å². The molecule has 2 unspecified atom stereocenters. The van der Waals surface area contributed by atoms with Crippen LogP contribution in [0.2, 0.25) is 0 Å². The summed E-state index contributed by atoms with van der Waals surface area (Å²) in [6.45, 7) is 8.37. The molecule has 17 heavy (non-hydrogen) atoms. The van der Waals surface area contributed by atoms with Gasteiger partial charge in [0.15, 0.2) is 0 Å². The Bertz CT molecular complexity index is 251. The van der Waals surface area contributed by atoms with Gasteiger partial charge >= 0.3 is 0 Å². The number of carbonyl (C=O) groups is 1. The summed E-state index contributed by atoms with van der Waals surface area (Å²) >= 11 is 0. The molecule has 2 atom stereocenters. The molecule has 0 saturated carbocycles. The smallest absolute Gasteiger partial charge is 0.138 e. The number of piperidine rings is 1. The molecule has 2 aliphatic heterocycles. The van der Waals surface area contributed by atoms with Crippen LogP contribution in [0.25, 0.3) is 0 Å². The van der Waals surface area contributed by atoms with Crippen LogP contribution >= 0.6 is 0 Å². The SMILES string of the molecule is CCCC(=O)C1CNCCC1N1CCNCC1. The molecule has 0 aromatic heterocycles. The summed E-state index contributed by atoms with van der Waals surface area (Å²) in [6, 6.07) is 0.484. The zero-order valence-electron chi connectivity index (χ0n) is 10.9. The van der Waals surface area contributed by atoms with E-state index < -0.39 is 0 Å². The molecular weight excluding hydrogens is 214 g/mol. The first-order chi connectivity index (χ1) is 8.33. The van der Waals surface area contributed by atoms with Crippen LogP contribution in [0, 0.1) is 5.92 Å². The highest BCUT2D eigenvalue weighted by molar-refractivity contribution is 5.82. The number of ketones is 1. The van der Waals surface area contributed by atoms with Gasteiger partial charge in [-0.1, -0.05) is 6.92 Å². The molecule has 2 rings (SSSR count). The van der Waals surface area contributed by atoms with Gasteiger partial charge in [0.1, 0.15) is 5.78 Å². The standard InChI is InChI=1S/C13H25N3O/c1-2-3-13(17)11-10-15-5-4-12(11)16-8-6-14-7-9-16/h11-12,14-15H,2-10H2,1H3. The maximum Gasteiger partial charge on any atom is 0.138 e. The van der Waals surface area contributed by atoms with E-state index in [1.54, 1.807) is 0 Å². The molecule has 2 N–H and O–H groups in total. The minimum Gasteiger partial charge on any atom is -0.316 e. The Labute approximate surface area is 104 Å². The lowest BCUT2D eigenvalue weighted by atomic mass is 9.86. The summed E-state index contributed by atoms with van der Waals surface area (Å²) in [5.74, 6) is 0.685. The summed E-state index contributed by atoms with van der Waals surface area (Å²) in [4.78, 5) is 14.7. The molecule has 4 nitrogen and oxygen atoms in total. The normalized spacial score (nSPS) is 31.4. The summed E-state index contributed by atoms with van der Waals surface area (Å²) in [7, 11) is 0. The number of nitrogens with zero attached hydrogens (tertiary/aromatic N) is 1. The van der Waals surface area contributed by atoms with Gasteiger partial charge in [0, 0.05) is 51.1 Å². The lowest BCUT2D eigenvalue weighted by molar-refractivity contribution is -0.126. The Morgan fingerprint density at radius 3 is 2.71 bits per heavy atom. The fourth-order valence-corrected chi connectivity index (χ4v) is 3.06. The van der Waals surface area contributed by atoms with Crippen molar-refractivity contribution in [2.24, 2.45) is 5.92 Å². The topological polar surface area (TPSA) is 44.4 Å². The lowest BCUT2D eigenvalue weighted by Crippen LogP contribution is -2.57. The Balaban J connectivity index is 1.97. The van der Waals surface area contributed by atoms with Crippen molar-refractivity contribution in [3.63, 3.8) is 0 Å². The van der Waals surface area contributed by atoms with Crippen molar-refractivity contribution in [3.05, 3.63) is 0 Å². The van der Waals surface area contributed by atoms with Crippen LogP contribution in [0.4, 0.5) is 0 Å². The molecule has 0 radical (unpaired) electrons. The molecule has 0 bridgehead atoms. The molecule has 0 amide bonds. The monoisotopic (exact) mass is 239 g/mol. The Morgan fingerprint density at radius 1 is 1.24 bits per heavy atom. The predicted octanol–water partition coefficient (Wildman–Crippen LogP) is 0.239. The number of piperazine rings is 1. The molecule has 0 spiro atoms. The Hall–Kier alpha value is -0.450. The van der Waals surface area contributed by atoms with E-state index in [0.29, 0.717) is 11.8 Å². The molecule has 0 aromatic rings. The predicted molar refractivity (Wildman–Crippen MR) is 69.1 cm³/mol. The van der Waals surface area contributed by atoms with E-state index in [0.717, 1.165) is 58.5 Å². The molecule has 2 saturated heterocycles. The number of rotatable bonds is 4. The van der Waals surface area contributed by atoms with Crippen LogP contribution in [0.5, 0.6) is 0 Å². The molecule has 4 heteroatoms. The molecule has 0 aromatic carbocycles. The zero-order valence-corrected chi connectivity index (χ0v) is 10.9. The minimum atomic E-state index is 0.224. The average molecular weight is 239 g/mol. The van der Waals surface area contributed by atoms with Gasteiger partial charge in [-0.3, -0.25) is 9.69 Å². The third-order valence-corrected chi connectivity index (χ3v) is 3.98. The van der Waals surface area contributed by atoms with Gasteiger partial charge in [-0.15, -0.1) is 0 Å². The van der Waals surface area contributed by atoms with Gasteiger partial charge in [-0.2, -0.15) is 0 Å². The van der Waals surface area contributed by atoms with Crippen molar-refractivity contribution < 1.29 is 4.79 Å². The first kappa shape index (κ1) is 13.0. The van der Waals surface area contributed by atoms with Crippen LogP contribution in [0.3, 0.4) is 0 Å². The summed E-state index contributed by atoms with van der Waals surface area (Å²) in [5, 5.41) is 6.76. The van der Waals surface area contributed by atoms with Crippen LogP contribution < -0.4 is 10.6 Å². The van der Waals surface area contributed by atoms with Crippen LogP contribution in [-0.2, 0) is 4.79 Å². The highest BCUT2D eigenvalue weighted by Crippen LogP contribution is 2.21. The van der Waals surface area contributed by atoms with E-state index in [-0.39, 0.29) is 5.92 Å². The second-order valence-electron chi connectivity index (χ2n) is 5.17. The van der Waals surface area contributed by atoms with Crippen molar-refractivity contribution >= 4 is 5.78 Å². The van der Waals surface area contributed by atoms with Gasteiger partial charge in [-0.05, 0) is 19.4 Å². The van der Waals surface area contributed by atoms with Crippen molar-refractivity contribution in [2.75, 3.05) is 39.3 Å². The number of hydrogen-bond donors (Lipinski definition) is 2. The van der Waals surface area contributed by atoms with E-state index in [1.165, 1.54) is 0 Å². The van der Waals surface area contributed by atoms with Crippen LogP contribution in [0.15, 0.2) is 0 Å². The van der Waals surface area contributed by atoms with Gasteiger partial charge in [0.25, 0.3) is 0 Å². The zero-order chi connectivity index (χ0) is 12.1. The number of hydrogen-bond acceptors (Lipinski definition) is 4. The second kappa shape index (κ2) is 6.47. The number of Topliss-reactive ketones (excluding diaryl/α,β-unsaturated/α-hetero) is 1. The highest BCUT2D eigenvalue weighted by atomic mass is 16.1. The summed E-state index contributed by atoms with van der Waals surface area (Å²) < 4.78 is 0. The van der Waals surface area contributed by atoms with Crippen molar-refractivity contribution in [1.29, 1.82) is 0 Å². The maximum absolute atomic E-state index is 12.2. The number of nitrogens with one attached hydrogen (secondary N) is 2.